The Hall–Kier alpha value is -0.0400. The lowest BCUT2D eigenvalue weighted by atomic mass is 9.84. The molecule has 3 heterocycles. The highest BCUT2D eigenvalue weighted by Gasteiger charge is 2.38. The fourth-order valence-electron chi connectivity index (χ4n) is 3.81. The summed E-state index contributed by atoms with van der Waals surface area (Å²) in [6.45, 7) is 2.83. The molecule has 0 saturated carbocycles. The Bertz CT molecular complexity index is 563. The molecule has 2 aliphatic heterocycles. The van der Waals surface area contributed by atoms with Gasteiger partial charge in [0.2, 0.25) is 3.79 Å². The zero-order valence-electron chi connectivity index (χ0n) is 13.9. The molecule has 2 aliphatic rings. The molecule has 25 heavy (non-hydrogen) atoms. The standard InChI is InChI=1S/C17H23Cl3N2O2S/c18-17(19,20)16(21-15(23)14-7-4-10-25-14)24-11-12-5-3-9-22-8-2-1-6-13(12)22/h4,7,10,12-13,16H,1-3,5-6,8-9,11H2,(H,21,23)/t12-,13+,16?/m0/s1. The fourth-order valence-corrected chi connectivity index (χ4v) is 4.79. The number of carbonyl (C=O) groups is 1. The van der Waals surface area contributed by atoms with Crippen molar-refractivity contribution in [2.45, 2.75) is 48.2 Å². The van der Waals surface area contributed by atoms with Gasteiger partial charge in [-0.3, -0.25) is 4.79 Å². The molecule has 2 fully saturated rings. The highest BCUT2D eigenvalue weighted by molar-refractivity contribution is 7.12. The van der Waals surface area contributed by atoms with Crippen LogP contribution in [0.1, 0.15) is 41.8 Å². The van der Waals surface area contributed by atoms with Crippen LogP contribution in [0.4, 0.5) is 0 Å². The third kappa shape index (κ3) is 5.24. The van der Waals surface area contributed by atoms with Crippen molar-refractivity contribution in [3.8, 4) is 0 Å². The number of hydrogen-bond donors (Lipinski definition) is 1. The lowest BCUT2D eigenvalue weighted by molar-refractivity contribution is -0.0324. The number of fused-ring (bicyclic) bond motifs is 1. The van der Waals surface area contributed by atoms with Crippen LogP contribution >= 0.6 is 46.1 Å². The SMILES string of the molecule is O=C(NC(OC[C@@H]1CCCN2CCCC[C@H]12)C(Cl)(Cl)Cl)c1cccs1. The van der Waals surface area contributed by atoms with Crippen LogP contribution in [0.3, 0.4) is 0 Å². The Labute approximate surface area is 167 Å². The summed E-state index contributed by atoms with van der Waals surface area (Å²) in [5, 5.41) is 4.54. The average molecular weight is 426 g/mol. The van der Waals surface area contributed by atoms with Crippen molar-refractivity contribution in [1.82, 2.24) is 10.2 Å². The highest BCUT2D eigenvalue weighted by Crippen LogP contribution is 2.34. The summed E-state index contributed by atoms with van der Waals surface area (Å²) in [6.07, 6.45) is 5.06. The first-order chi connectivity index (χ1) is 11.9. The third-order valence-electron chi connectivity index (χ3n) is 5.01. The lowest BCUT2D eigenvalue weighted by Crippen LogP contribution is -2.51. The summed E-state index contributed by atoms with van der Waals surface area (Å²) in [6, 6.07) is 4.09. The summed E-state index contributed by atoms with van der Waals surface area (Å²) in [7, 11) is 0. The van der Waals surface area contributed by atoms with Gasteiger partial charge < -0.3 is 15.0 Å². The van der Waals surface area contributed by atoms with Gasteiger partial charge in [0.25, 0.3) is 5.91 Å². The third-order valence-corrected chi connectivity index (χ3v) is 6.47. The van der Waals surface area contributed by atoms with Crippen molar-refractivity contribution < 1.29 is 9.53 Å². The minimum Gasteiger partial charge on any atom is -0.354 e. The zero-order valence-corrected chi connectivity index (χ0v) is 17.0. The van der Waals surface area contributed by atoms with E-state index in [0.717, 1.165) is 6.42 Å². The van der Waals surface area contributed by atoms with Crippen molar-refractivity contribution in [2.75, 3.05) is 19.7 Å². The van der Waals surface area contributed by atoms with E-state index in [1.807, 2.05) is 11.4 Å². The quantitative estimate of drug-likeness (QED) is 0.559. The van der Waals surface area contributed by atoms with E-state index in [1.54, 1.807) is 6.07 Å². The van der Waals surface area contributed by atoms with Crippen LogP contribution in [0, 0.1) is 5.92 Å². The number of halogens is 3. The predicted molar refractivity (Wildman–Crippen MR) is 104 cm³/mol. The number of hydrogen-bond acceptors (Lipinski definition) is 4. The van der Waals surface area contributed by atoms with E-state index in [9.17, 15) is 4.79 Å². The maximum atomic E-state index is 12.3. The van der Waals surface area contributed by atoms with Gasteiger partial charge in [-0.1, -0.05) is 47.3 Å². The normalized spacial score (nSPS) is 26.0. The Morgan fingerprint density at radius 1 is 1.32 bits per heavy atom. The first-order valence-electron chi connectivity index (χ1n) is 8.72. The van der Waals surface area contributed by atoms with Crippen molar-refractivity contribution in [1.29, 1.82) is 0 Å². The van der Waals surface area contributed by atoms with Gasteiger partial charge in [-0.15, -0.1) is 11.3 Å². The van der Waals surface area contributed by atoms with Gasteiger partial charge >= 0.3 is 0 Å². The van der Waals surface area contributed by atoms with E-state index < -0.39 is 10.0 Å². The second kappa shape index (κ2) is 8.77. The molecule has 1 unspecified atom stereocenters. The Kier molecular flexibility index (Phi) is 6.91. The van der Waals surface area contributed by atoms with Crippen molar-refractivity contribution in [3.05, 3.63) is 22.4 Å². The van der Waals surface area contributed by atoms with E-state index in [4.69, 9.17) is 39.5 Å². The second-order valence-electron chi connectivity index (χ2n) is 6.71. The van der Waals surface area contributed by atoms with E-state index in [-0.39, 0.29) is 5.91 Å². The van der Waals surface area contributed by atoms with E-state index in [0.29, 0.717) is 23.4 Å². The molecule has 1 aromatic rings. The van der Waals surface area contributed by atoms with Gasteiger partial charge in [-0.25, -0.2) is 0 Å². The summed E-state index contributed by atoms with van der Waals surface area (Å²) in [5.41, 5.74) is 0. The number of nitrogens with zero attached hydrogens (tertiary/aromatic N) is 1. The molecule has 0 spiro atoms. The maximum Gasteiger partial charge on any atom is 0.263 e. The summed E-state index contributed by atoms with van der Waals surface area (Å²) in [4.78, 5) is 15.4. The molecule has 3 atom stereocenters. The van der Waals surface area contributed by atoms with E-state index in [2.05, 4.69) is 10.2 Å². The molecule has 8 heteroatoms. The molecule has 0 radical (unpaired) electrons. The van der Waals surface area contributed by atoms with Gasteiger partial charge in [0.15, 0.2) is 6.23 Å². The van der Waals surface area contributed by atoms with Crippen LogP contribution in [0.15, 0.2) is 17.5 Å². The fraction of sp³-hybridized carbons (Fsp3) is 0.706. The molecule has 0 aliphatic carbocycles. The van der Waals surface area contributed by atoms with Crippen LogP contribution in [-0.4, -0.2) is 46.6 Å². The zero-order chi connectivity index (χ0) is 17.9. The number of alkyl halides is 3. The van der Waals surface area contributed by atoms with Gasteiger partial charge in [-0.05, 0) is 56.1 Å². The maximum absolute atomic E-state index is 12.3. The average Bonchev–Trinajstić information content (AvgIpc) is 3.12. The lowest BCUT2D eigenvalue weighted by Gasteiger charge is -2.44. The molecule has 3 rings (SSSR count). The van der Waals surface area contributed by atoms with Crippen molar-refractivity contribution >= 4 is 52.0 Å². The minimum absolute atomic E-state index is 0.283. The van der Waals surface area contributed by atoms with Crippen LogP contribution in [-0.2, 0) is 4.74 Å². The van der Waals surface area contributed by atoms with Gasteiger partial charge in [0.1, 0.15) is 0 Å². The number of ether oxygens (including phenoxy) is 1. The van der Waals surface area contributed by atoms with Gasteiger partial charge in [0, 0.05) is 6.04 Å². The molecule has 1 amide bonds. The highest BCUT2D eigenvalue weighted by atomic mass is 35.6. The van der Waals surface area contributed by atoms with Gasteiger partial charge in [-0.2, -0.15) is 0 Å². The molecule has 1 aromatic heterocycles. The molecular formula is C17H23Cl3N2O2S. The Balaban J connectivity index is 1.59. The minimum atomic E-state index is -1.71. The molecule has 140 valence electrons. The molecule has 4 nitrogen and oxygen atoms in total. The van der Waals surface area contributed by atoms with Crippen LogP contribution in [0.25, 0.3) is 0 Å². The largest absolute Gasteiger partial charge is 0.354 e. The molecule has 1 N–H and O–H groups in total. The van der Waals surface area contributed by atoms with Crippen LogP contribution in [0.5, 0.6) is 0 Å². The monoisotopic (exact) mass is 424 g/mol. The van der Waals surface area contributed by atoms with Crippen LogP contribution in [0.2, 0.25) is 0 Å². The molecule has 0 aromatic carbocycles. The summed E-state index contributed by atoms with van der Waals surface area (Å²) in [5.74, 6) is 0.136. The van der Waals surface area contributed by atoms with Crippen molar-refractivity contribution in [2.24, 2.45) is 5.92 Å². The first-order valence-corrected chi connectivity index (χ1v) is 10.7. The molecule has 2 saturated heterocycles. The number of nitrogens with one attached hydrogen (secondary N) is 1. The number of carbonyl (C=O) groups excluding carboxylic acids is 1. The number of piperidine rings is 2. The topological polar surface area (TPSA) is 41.6 Å². The molecule has 0 bridgehead atoms. The van der Waals surface area contributed by atoms with E-state index >= 15 is 0 Å². The van der Waals surface area contributed by atoms with Crippen molar-refractivity contribution in [3.63, 3.8) is 0 Å². The Morgan fingerprint density at radius 2 is 2.12 bits per heavy atom. The van der Waals surface area contributed by atoms with E-state index in [1.165, 1.54) is 50.1 Å². The predicted octanol–water partition coefficient (Wildman–Crippen LogP) is 4.46. The second-order valence-corrected chi connectivity index (χ2v) is 10.0. The number of rotatable bonds is 5. The Morgan fingerprint density at radius 3 is 2.84 bits per heavy atom. The van der Waals surface area contributed by atoms with Crippen LogP contribution < -0.4 is 5.32 Å². The summed E-state index contributed by atoms with van der Waals surface area (Å²) >= 11 is 19.5. The number of thiophene rings is 1. The summed E-state index contributed by atoms with van der Waals surface area (Å²) < 4.78 is 4.20. The molecular weight excluding hydrogens is 403 g/mol. The van der Waals surface area contributed by atoms with Gasteiger partial charge in [0.05, 0.1) is 11.5 Å². The smallest absolute Gasteiger partial charge is 0.263 e. The number of amides is 1. The first kappa shape index (κ1) is 19.7.